The largest absolute Gasteiger partial charge is 0.493 e. The van der Waals surface area contributed by atoms with Gasteiger partial charge in [-0.3, -0.25) is 0 Å². The van der Waals surface area contributed by atoms with E-state index in [0.29, 0.717) is 11.5 Å². The fourth-order valence-corrected chi connectivity index (χ4v) is 4.48. The van der Waals surface area contributed by atoms with Crippen LogP contribution in [0.5, 0.6) is 5.75 Å². The van der Waals surface area contributed by atoms with E-state index in [0.717, 1.165) is 38.2 Å². The van der Waals surface area contributed by atoms with Crippen LogP contribution in [0.4, 0.5) is 0 Å². The van der Waals surface area contributed by atoms with E-state index in [9.17, 15) is 8.42 Å². The van der Waals surface area contributed by atoms with Gasteiger partial charge in [-0.1, -0.05) is 12.1 Å². The number of fused-ring (bicyclic) bond motifs is 1. The van der Waals surface area contributed by atoms with Gasteiger partial charge >= 0.3 is 0 Å². The Morgan fingerprint density at radius 1 is 1.37 bits per heavy atom. The van der Waals surface area contributed by atoms with Crippen molar-refractivity contribution in [1.29, 1.82) is 0 Å². The van der Waals surface area contributed by atoms with Gasteiger partial charge in [0.25, 0.3) is 0 Å². The van der Waals surface area contributed by atoms with E-state index in [1.807, 2.05) is 6.07 Å². The van der Waals surface area contributed by atoms with Crippen molar-refractivity contribution in [1.82, 2.24) is 5.32 Å². The maximum atomic E-state index is 11.3. The van der Waals surface area contributed by atoms with E-state index in [1.54, 1.807) is 0 Å². The Labute approximate surface area is 114 Å². The third kappa shape index (κ3) is 3.09. The average molecular weight is 281 g/mol. The SMILES string of the molecule is O=S1(=O)CCC(NCCc2ccc3c(c2)CCO3)C1. The zero-order chi connectivity index (χ0) is 13.3. The van der Waals surface area contributed by atoms with Crippen molar-refractivity contribution < 1.29 is 13.2 Å². The number of rotatable bonds is 4. The average Bonchev–Trinajstić information content (AvgIpc) is 2.95. The predicted molar refractivity (Wildman–Crippen MR) is 74.4 cm³/mol. The van der Waals surface area contributed by atoms with Gasteiger partial charge in [0.2, 0.25) is 0 Å². The number of sulfone groups is 1. The van der Waals surface area contributed by atoms with Crippen LogP contribution < -0.4 is 10.1 Å². The second kappa shape index (κ2) is 5.13. The Hall–Kier alpha value is -1.07. The summed E-state index contributed by atoms with van der Waals surface area (Å²) in [4.78, 5) is 0. The molecule has 0 amide bonds. The highest BCUT2D eigenvalue weighted by molar-refractivity contribution is 7.91. The van der Waals surface area contributed by atoms with Gasteiger partial charge in [-0.15, -0.1) is 0 Å². The van der Waals surface area contributed by atoms with Crippen molar-refractivity contribution >= 4 is 9.84 Å². The van der Waals surface area contributed by atoms with Crippen LogP contribution in [-0.2, 0) is 22.7 Å². The molecule has 0 aliphatic carbocycles. The Bertz CT molecular complexity index is 568. The summed E-state index contributed by atoms with van der Waals surface area (Å²) in [5, 5.41) is 3.34. The van der Waals surface area contributed by atoms with Crippen LogP contribution >= 0.6 is 0 Å². The molecule has 1 unspecified atom stereocenters. The molecule has 0 spiro atoms. The second-order valence-corrected chi connectivity index (χ2v) is 7.57. The van der Waals surface area contributed by atoms with E-state index in [-0.39, 0.29) is 6.04 Å². The highest BCUT2D eigenvalue weighted by atomic mass is 32.2. The van der Waals surface area contributed by atoms with Crippen LogP contribution in [-0.4, -0.2) is 39.1 Å². The van der Waals surface area contributed by atoms with Crippen molar-refractivity contribution in [2.45, 2.75) is 25.3 Å². The van der Waals surface area contributed by atoms with Crippen molar-refractivity contribution in [2.24, 2.45) is 0 Å². The molecule has 1 aromatic carbocycles. The van der Waals surface area contributed by atoms with Gasteiger partial charge in [0.05, 0.1) is 18.1 Å². The monoisotopic (exact) mass is 281 g/mol. The molecule has 3 rings (SSSR count). The van der Waals surface area contributed by atoms with Crippen LogP contribution in [0.15, 0.2) is 18.2 Å². The molecule has 1 atom stereocenters. The standard InChI is InChI=1S/C14H19NO3S/c16-19(17)8-5-13(10-19)15-6-3-11-1-2-14-12(9-11)4-7-18-14/h1-2,9,13,15H,3-8,10H2. The Morgan fingerprint density at radius 3 is 3.05 bits per heavy atom. The van der Waals surface area contributed by atoms with Crippen LogP contribution in [0.25, 0.3) is 0 Å². The lowest BCUT2D eigenvalue weighted by Crippen LogP contribution is -2.31. The number of nitrogens with one attached hydrogen (secondary N) is 1. The molecule has 19 heavy (non-hydrogen) atoms. The molecular weight excluding hydrogens is 262 g/mol. The molecule has 5 heteroatoms. The van der Waals surface area contributed by atoms with Gasteiger partial charge in [-0.25, -0.2) is 8.42 Å². The predicted octanol–water partition coefficient (Wildman–Crippen LogP) is 0.941. The maximum absolute atomic E-state index is 11.3. The van der Waals surface area contributed by atoms with Gasteiger partial charge in [0.1, 0.15) is 5.75 Å². The van der Waals surface area contributed by atoms with E-state index in [2.05, 4.69) is 17.4 Å². The van der Waals surface area contributed by atoms with Gasteiger partial charge in [0, 0.05) is 12.5 Å². The summed E-state index contributed by atoms with van der Waals surface area (Å²) in [6, 6.07) is 6.48. The zero-order valence-electron chi connectivity index (χ0n) is 10.9. The van der Waals surface area contributed by atoms with Crippen molar-refractivity contribution in [3.63, 3.8) is 0 Å². The summed E-state index contributed by atoms with van der Waals surface area (Å²) < 4.78 is 28.2. The minimum absolute atomic E-state index is 0.141. The Morgan fingerprint density at radius 2 is 2.26 bits per heavy atom. The van der Waals surface area contributed by atoms with Crippen molar-refractivity contribution in [3.05, 3.63) is 29.3 Å². The number of hydrogen-bond acceptors (Lipinski definition) is 4. The lowest BCUT2D eigenvalue weighted by Gasteiger charge is -2.10. The Balaban J connectivity index is 1.50. The highest BCUT2D eigenvalue weighted by Gasteiger charge is 2.27. The topological polar surface area (TPSA) is 55.4 Å². The first-order chi connectivity index (χ1) is 9.12. The minimum atomic E-state index is -2.78. The first-order valence-corrected chi connectivity index (χ1v) is 8.63. The number of hydrogen-bond donors (Lipinski definition) is 1. The smallest absolute Gasteiger partial charge is 0.151 e. The van der Waals surface area contributed by atoms with E-state index >= 15 is 0 Å². The Kier molecular flexibility index (Phi) is 3.50. The molecule has 104 valence electrons. The summed E-state index contributed by atoms with van der Waals surface area (Å²) in [5.41, 5.74) is 2.58. The molecule has 2 aliphatic rings. The van der Waals surface area contributed by atoms with Gasteiger partial charge in [-0.05, 0) is 36.6 Å². The molecule has 1 fully saturated rings. The van der Waals surface area contributed by atoms with Crippen molar-refractivity contribution in [3.8, 4) is 5.75 Å². The third-order valence-electron chi connectivity index (χ3n) is 3.83. The summed E-state index contributed by atoms with van der Waals surface area (Å²) in [6.45, 7) is 1.62. The van der Waals surface area contributed by atoms with E-state index in [1.165, 1.54) is 11.1 Å². The van der Waals surface area contributed by atoms with E-state index in [4.69, 9.17) is 4.74 Å². The fraction of sp³-hybridized carbons (Fsp3) is 0.571. The molecule has 0 radical (unpaired) electrons. The molecule has 1 aromatic rings. The van der Waals surface area contributed by atoms with Crippen LogP contribution in [0, 0.1) is 0 Å². The molecule has 0 bridgehead atoms. The maximum Gasteiger partial charge on any atom is 0.151 e. The normalized spacial score (nSPS) is 24.1. The molecule has 4 nitrogen and oxygen atoms in total. The van der Waals surface area contributed by atoms with Gasteiger partial charge in [-0.2, -0.15) is 0 Å². The summed E-state index contributed by atoms with van der Waals surface area (Å²) in [5.74, 6) is 1.64. The van der Waals surface area contributed by atoms with Crippen molar-refractivity contribution in [2.75, 3.05) is 24.7 Å². The lowest BCUT2D eigenvalue weighted by atomic mass is 10.1. The summed E-state index contributed by atoms with van der Waals surface area (Å²) >= 11 is 0. The lowest BCUT2D eigenvalue weighted by molar-refractivity contribution is 0.357. The third-order valence-corrected chi connectivity index (χ3v) is 5.60. The number of ether oxygens (including phenoxy) is 1. The molecule has 1 N–H and O–H groups in total. The van der Waals surface area contributed by atoms with Gasteiger partial charge in [0.15, 0.2) is 9.84 Å². The molecule has 2 aliphatic heterocycles. The first-order valence-electron chi connectivity index (χ1n) is 6.81. The van der Waals surface area contributed by atoms with Crippen LogP contribution in [0.1, 0.15) is 17.5 Å². The van der Waals surface area contributed by atoms with Crippen LogP contribution in [0.3, 0.4) is 0 Å². The molecule has 0 saturated carbocycles. The molecular formula is C14H19NO3S. The first kappa shape index (κ1) is 12.9. The van der Waals surface area contributed by atoms with Crippen LogP contribution in [0.2, 0.25) is 0 Å². The molecule has 1 saturated heterocycles. The zero-order valence-corrected chi connectivity index (χ0v) is 11.7. The van der Waals surface area contributed by atoms with E-state index < -0.39 is 9.84 Å². The quantitative estimate of drug-likeness (QED) is 0.892. The second-order valence-electron chi connectivity index (χ2n) is 5.34. The fourth-order valence-electron chi connectivity index (χ4n) is 2.77. The highest BCUT2D eigenvalue weighted by Crippen LogP contribution is 2.25. The summed E-state index contributed by atoms with van der Waals surface area (Å²) in [6.07, 6.45) is 2.68. The number of benzene rings is 1. The summed E-state index contributed by atoms with van der Waals surface area (Å²) in [7, 11) is -2.78. The molecule has 0 aromatic heterocycles. The molecule has 2 heterocycles. The minimum Gasteiger partial charge on any atom is -0.493 e. The van der Waals surface area contributed by atoms with Gasteiger partial charge < -0.3 is 10.1 Å².